The van der Waals surface area contributed by atoms with E-state index in [1.54, 1.807) is 0 Å². The minimum Gasteiger partial charge on any atom is -0.464 e. The first kappa shape index (κ1) is 13.6. The summed E-state index contributed by atoms with van der Waals surface area (Å²) < 4.78 is 5.85. The molecule has 1 aliphatic rings. The molecule has 18 heavy (non-hydrogen) atoms. The van der Waals surface area contributed by atoms with Crippen LogP contribution in [0, 0.1) is 5.92 Å². The molecule has 0 radical (unpaired) electrons. The van der Waals surface area contributed by atoms with Crippen LogP contribution in [0.2, 0.25) is 0 Å². The number of nitrogens with one attached hydrogen (secondary N) is 1. The molecule has 2 rings (SSSR count). The number of hydrogen-bond donors (Lipinski definition) is 2. The van der Waals surface area contributed by atoms with Crippen molar-refractivity contribution in [1.82, 2.24) is 5.32 Å². The lowest BCUT2D eigenvalue weighted by molar-refractivity contribution is 0.160. The lowest BCUT2D eigenvalue weighted by Gasteiger charge is -2.28. The lowest BCUT2D eigenvalue weighted by Crippen LogP contribution is -2.45. The van der Waals surface area contributed by atoms with Gasteiger partial charge in [0.2, 0.25) is 0 Å². The van der Waals surface area contributed by atoms with Crippen LogP contribution < -0.4 is 5.32 Å². The van der Waals surface area contributed by atoms with Crippen LogP contribution in [-0.4, -0.2) is 17.3 Å². The van der Waals surface area contributed by atoms with Crippen molar-refractivity contribution in [3.63, 3.8) is 0 Å². The molecule has 1 aromatic heterocycles. The Bertz CT molecular complexity index is 388. The summed E-state index contributed by atoms with van der Waals surface area (Å²) in [5.41, 5.74) is -0.200. The highest BCUT2D eigenvalue weighted by atomic mass is 16.3. The molecule has 102 valence electrons. The predicted octanol–water partition coefficient (Wildman–Crippen LogP) is 3.04. The molecule has 3 nitrogen and oxygen atoms in total. The molecule has 1 heterocycles. The SMILES string of the molecule is CCCC(C)(CO)NCc1ccc(C2CC2C)o1. The molecule has 0 bridgehead atoms. The smallest absolute Gasteiger partial charge is 0.117 e. The maximum atomic E-state index is 9.44. The van der Waals surface area contributed by atoms with Gasteiger partial charge in [0, 0.05) is 11.5 Å². The quantitative estimate of drug-likeness (QED) is 0.783. The van der Waals surface area contributed by atoms with Gasteiger partial charge in [-0.05, 0) is 37.8 Å². The number of aliphatic hydroxyl groups excluding tert-OH is 1. The molecular weight excluding hydrogens is 226 g/mol. The Morgan fingerprint density at radius 1 is 1.50 bits per heavy atom. The zero-order valence-electron chi connectivity index (χ0n) is 11.7. The van der Waals surface area contributed by atoms with E-state index in [9.17, 15) is 5.11 Å². The average Bonchev–Trinajstić information content (AvgIpc) is 2.91. The van der Waals surface area contributed by atoms with E-state index in [0.29, 0.717) is 12.5 Å². The normalized spacial score (nSPS) is 26.0. The fourth-order valence-electron chi connectivity index (χ4n) is 2.48. The summed E-state index contributed by atoms with van der Waals surface area (Å²) in [7, 11) is 0. The first-order valence-electron chi connectivity index (χ1n) is 7.02. The summed E-state index contributed by atoms with van der Waals surface area (Å²) in [6, 6.07) is 4.15. The Kier molecular flexibility index (Phi) is 4.13. The van der Waals surface area contributed by atoms with Gasteiger partial charge in [0.15, 0.2) is 0 Å². The zero-order chi connectivity index (χ0) is 13.2. The van der Waals surface area contributed by atoms with Gasteiger partial charge >= 0.3 is 0 Å². The van der Waals surface area contributed by atoms with E-state index >= 15 is 0 Å². The summed E-state index contributed by atoms with van der Waals surface area (Å²) in [4.78, 5) is 0. The maximum Gasteiger partial charge on any atom is 0.117 e. The highest BCUT2D eigenvalue weighted by Gasteiger charge is 2.36. The van der Waals surface area contributed by atoms with E-state index in [0.717, 1.165) is 30.3 Å². The molecule has 0 saturated heterocycles. The van der Waals surface area contributed by atoms with Crippen molar-refractivity contribution in [2.75, 3.05) is 6.61 Å². The molecule has 1 fully saturated rings. The second-order valence-corrected chi connectivity index (χ2v) is 5.95. The van der Waals surface area contributed by atoms with E-state index in [-0.39, 0.29) is 12.1 Å². The molecule has 0 aromatic carbocycles. The number of aliphatic hydroxyl groups is 1. The van der Waals surface area contributed by atoms with Gasteiger partial charge in [0.25, 0.3) is 0 Å². The molecule has 0 amide bonds. The lowest BCUT2D eigenvalue weighted by atomic mass is 9.97. The first-order valence-corrected chi connectivity index (χ1v) is 7.02. The number of rotatable bonds is 7. The monoisotopic (exact) mass is 251 g/mol. The summed E-state index contributed by atoms with van der Waals surface area (Å²) in [6.45, 7) is 7.31. The van der Waals surface area contributed by atoms with Crippen LogP contribution in [-0.2, 0) is 6.54 Å². The van der Waals surface area contributed by atoms with E-state index in [1.807, 2.05) is 0 Å². The van der Waals surface area contributed by atoms with Gasteiger partial charge in [-0.3, -0.25) is 0 Å². The van der Waals surface area contributed by atoms with Crippen molar-refractivity contribution in [1.29, 1.82) is 0 Å². The van der Waals surface area contributed by atoms with Gasteiger partial charge in [-0.1, -0.05) is 20.3 Å². The molecule has 1 saturated carbocycles. The topological polar surface area (TPSA) is 45.4 Å². The van der Waals surface area contributed by atoms with E-state index in [2.05, 4.69) is 38.2 Å². The molecule has 1 aromatic rings. The van der Waals surface area contributed by atoms with Gasteiger partial charge < -0.3 is 14.8 Å². The standard InChI is InChI=1S/C15H25NO2/c1-4-7-15(3,10-17)16-9-12-5-6-14(18-12)13-8-11(13)2/h5-6,11,13,16-17H,4,7-10H2,1-3H3. The van der Waals surface area contributed by atoms with E-state index < -0.39 is 0 Å². The summed E-state index contributed by atoms with van der Waals surface area (Å²) in [5, 5.41) is 12.8. The van der Waals surface area contributed by atoms with Crippen LogP contribution in [0.1, 0.15) is 57.5 Å². The fraction of sp³-hybridized carbons (Fsp3) is 0.733. The number of hydrogen-bond acceptors (Lipinski definition) is 3. The Hall–Kier alpha value is -0.800. The van der Waals surface area contributed by atoms with Crippen molar-refractivity contribution in [2.24, 2.45) is 5.92 Å². The highest BCUT2D eigenvalue weighted by Crippen LogP contribution is 2.47. The molecule has 1 aliphatic carbocycles. The van der Waals surface area contributed by atoms with Crippen LogP contribution in [0.3, 0.4) is 0 Å². The van der Waals surface area contributed by atoms with Crippen molar-refractivity contribution in [2.45, 2.75) is 58.0 Å². The van der Waals surface area contributed by atoms with Crippen LogP contribution in [0.15, 0.2) is 16.5 Å². The Balaban J connectivity index is 1.87. The fourth-order valence-corrected chi connectivity index (χ4v) is 2.48. The zero-order valence-corrected chi connectivity index (χ0v) is 11.7. The van der Waals surface area contributed by atoms with Gasteiger partial charge in [-0.25, -0.2) is 0 Å². The van der Waals surface area contributed by atoms with Crippen molar-refractivity contribution < 1.29 is 9.52 Å². The predicted molar refractivity (Wildman–Crippen MR) is 72.5 cm³/mol. The van der Waals surface area contributed by atoms with Gasteiger partial charge in [0.05, 0.1) is 13.2 Å². The molecule has 3 heteroatoms. The Morgan fingerprint density at radius 3 is 2.78 bits per heavy atom. The van der Waals surface area contributed by atoms with Crippen LogP contribution in [0.25, 0.3) is 0 Å². The molecule has 3 atom stereocenters. The third kappa shape index (κ3) is 3.15. The van der Waals surface area contributed by atoms with E-state index in [4.69, 9.17) is 4.42 Å². The maximum absolute atomic E-state index is 9.44. The van der Waals surface area contributed by atoms with Gasteiger partial charge in [-0.2, -0.15) is 0 Å². The highest BCUT2D eigenvalue weighted by molar-refractivity contribution is 5.17. The Labute approximate surface area is 110 Å². The Morgan fingerprint density at radius 2 is 2.22 bits per heavy atom. The third-order valence-electron chi connectivity index (χ3n) is 4.00. The first-order chi connectivity index (χ1) is 8.58. The van der Waals surface area contributed by atoms with Crippen LogP contribution in [0.4, 0.5) is 0 Å². The van der Waals surface area contributed by atoms with Crippen molar-refractivity contribution in [3.05, 3.63) is 23.7 Å². The second kappa shape index (κ2) is 5.45. The average molecular weight is 251 g/mol. The minimum absolute atomic E-state index is 0.161. The van der Waals surface area contributed by atoms with Crippen molar-refractivity contribution in [3.8, 4) is 0 Å². The summed E-state index contributed by atoms with van der Waals surface area (Å²) in [6.07, 6.45) is 3.29. The molecular formula is C15H25NO2. The largest absolute Gasteiger partial charge is 0.464 e. The van der Waals surface area contributed by atoms with E-state index in [1.165, 1.54) is 6.42 Å². The molecule has 0 aliphatic heterocycles. The van der Waals surface area contributed by atoms with Crippen LogP contribution in [0.5, 0.6) is 0 Å². The van der Waals surface area contributed by atoms with Crippen molar-refractivity contribution >= 4 is 0 Å². The van der Waals surface area contributed by atoms with Gasteiger partial charge in [0.1, 0.15) is 11.5 Å². The number of furan rings is 1. The minimum atomic E-state index is -0.200. The third-order valence-corrected chi connectivity index (χ3v) is 4.00. The van der Waals surface area contributed by atoms with Gasteiger partial charge in [-0.15, -0.1) is 0 Å². The molecule has 3 unspecified atom stereocenters. The second-order valence-electron chi connectivity index (χ2n) is 5.95. The summed E-state index contributed by atoms with van der Waals surface area (Å²) >= 11 is 0. The molecule has 0 spiro atoms. The molecule has 2 N–H and O–H groups in total. The van der Waals surface area contributed by atoms with Crippen LogP contribution >= 0.6 is 0 Å². The summed E-state index contributed by atoms with van der Waals surface area (Å²) in [5.74, 6) is 3.51.